The first-order chi connectivity index (χ1) is 12.3. The number of ether oxygens (including phenoxy) is 1. The molecule has 0 aliphatic rings. The molecule has 0 spiro atoms. The van der Waals surface area contributed by atoms with Gasteiger partial charge in [-0.2, -0.15) is 4.80 Å². The molecule has 26 heavy (non-hydrogen) atoms. The van der Waals surface area contributed by atoms with Crippen molar-refractivity contribution in [2.45, 2.75) is 26.1 Å². The smallest absolute Gasteiger partial charge is 0.333 e. The van der Waals surface area contributed by atoms with E-state index in [1.54, 1.807) is 56.3 Å². The standard InChI is InChI=1S/C19H18ClN3O3/c1-11(2)19(25)26-18(12(3)24)13-4-7-15(8-5-13)23-21-16-9-6-14(20)10-17(16)22-23/h4-10,12,18,24H,1H2,2-3H3. The van der Waals surface area contributed by atoms with Gasteiger partial charge in [-0.3, -0.25) is 0 Å². The zero-order valence-electron chi connectivity index (χ0n) is 14.4. The van der Waals surface area contributed by atoms with E-state index in [2.05, 4.69) is 16.8 Å². The molecular formula is C19H18ClN3O3. The van der Waals surface area contributed by atoms with E-state index in [-0.39, 0.29) is 5.57 Å². The lowest BCUT2D eigenvalue weighted by atomic mass is 10.0. The number of hydrogen-bond acceptors (Lipinski definition) is 5. The minimum atomic E-state index is -0.864. The van der Waals surface area contributed by atoms with E-state index in [1.807, 2.05) is 0 Å². The van der Waals surface area contributed by atoms with Gasteiger partial charge in [0.25, 0.3) is 0 Å². The van der Waals surface area contributed by atoms with Crippen LogP contribution in [0.3, 0.4) is 0 Å². The van der Waals surface area contributed by atoms with Crippen LogP contribution in [-0.2, 0) is 9.53 Å². The summed E-state index contributed by atoms with van der Waals surface area (Å²) >= 11 is 5.97. The molecule has 134 valence electrons. The summed E-state index contributed by atoms with van der Waals surface area (Å²) in [6.07, 6.45) is -1.64. The third-order valence-corrected chi connectivity index (χ3v) is 4.05. The van der Waals surface area contributed by atoms with E-state index < -0.39 is 18.2 Å². The molecule has 7 heteroatoms. The van der Waals surface area contributed by atoms with Crippen molar-refractivity contribution < 1.29 is 14.6 Å². The van der Waals surface area contributed by atoms with Gasteiger partial charge >= 0.3 is 5.97 Å². The van der Waals surface area contributed by atoms with Crippen LogP contribution in [0.25, 0.3) is 16.7 Å². The van der Waals surface area contributed by atoms with E-state index in [0.29, 0.717) is 16.1 Å². The molecule has 3 rings (SSSR count). The van der Waals surface area contributed by atoms with E-state index in [9.17, 15) is 9.90 Å². The lowest BCUT2D eigenvalue weighted by Crippen LogP contribution is -2.21. The van der Waals surface area contributed by atoms with E-state index in [0.717, 1.165) is 11.2 Å². The quantitative estimate of drug-likeness (QED) is 0.547. The number of aliphatic hydroxyl groups is 1. The largest absolute Gasteiger partial charge is 0.451 e. The van der Waals surface area contributed by atoms with Crippen LogP contribution < -0.4 is 0 Å². The Morgan fingerprint density at radius 3 is 2.46 bits per heavy atom. The molecule has 1 aromatic heterocycles. The van der Waals surface area contributed by atoms with Gasteiger partial charge in [-0.25, -0.2) is 4.79 Å². The maximum Gasteiger partial charge on any atom is 0.333 e. The molecule has 0 fully saturated rings. The van der Waals surface area contributed by atoms with Crippen LogP contribution in [0.4, 0.5) is 0 Å². The number of carbonyl (C=O) groups is 1. The number of benzene rings is 2. The zero-order valence-corrected chi connectivity index (χ0v) is 15.1. The summed E-state index contributed by atoms with van der Waals surface area (Å²) in [5.74, 6) is -0.545. The molecular weight excluding hydrogens is 354 g/mol. The summed E-state index contributed by atoms with van der Waals surface area (Å²) in [4.78, 5) is 13.3. The van der Waals surface area contributed by atoms with Gasteiger partial charge in [-0.05, 0) is 49.7 Å². The van der Waals surface area contributed by atoms with Crippen LogP contribution in [0.1, 0.15) is 25.5 Å². The lowest BCUT2D eigenvalue weighted by Gasteiger charge is -2.21. The Labute approximate surface area is 155 Å². The molecule has 0 saturated heterocycles. The molecule has 0 bridgehead atoms. The average molecular weight is 372 g/mol. The maximum atomic E-state index is 11.8. The van der Waals surface area contributed by atoms with Crippen molar-refractivity contribution >= 4 is 28.6 Å². The molecule has 2 unspecified atom stereocenters. The van der Waals surface area contributed by atoms with Crippen LogP contribution in [0, 0.1) is 0 Å². The molecule has 1 heterocycles. The van der Waals surface area contributed by atoms with Gasteiger partial charge in [0.15, 0.2) is 6.10 Å². The van der Waals surface area contributed by atoms with Crippen LogP contribution in [0.5, 0.6) is 0 Å². The minimum Gasteiger partial charge on any atom is -0.451 e. The highest BCUT2D eigenvalue weighted by Gasteiger charge is 2.22. The molecule has 0 saturated carbocycles. The number of rotatable bonds is 5. The highest BCUT2D eigenvalue weighted by atomic mass is 35.5. The fraction of sp³-hybridized carbons (Fsp3) is 0.211. The summed E-state index contributed by atoms with van der Waals surface area (Å²) in [6.45, 7) is 6.68. The van der Waals surface area contributed by atoms with Crippen molar-refractivity contribution in [3.05, 3.63) is 65.2 Å². The van der Waals surface area contributed by atoms with Gasteiger partial charge in [0, 0.05) is 10.6 Å². The number of halogens is 1. The zero-order chi connectivity index (χ0) is 18.8. The second-order valence-corrected chi connectivity index (χ2v) is 6.50. The normalized spacial score (nSPS) is 13.4. The van der Waals surface area contributed by atoms with E-state index >= 15 is 0 Å². The molecule has 3 aromatic rings. The summed E-state index contributed by atoms with van der Waals surface area (Å²) in [5.41, 5.74) is 3.10. The number of esters is 1. The topological polar surface area (TPSA) is 77.2 Å². The van der Waals surface area contributed by atoms with Crippen molar-refractivity contribution in [1.29, 1.82) is 0 Å². The number of aliphatic hydroxyl groups excluding tert-OH is 1. The highest BCUT2D eigenvalue weighted by molar-refractivity contribution is 6.31. The molecule has 0 radical (unpaired) electrons. The van der Waals surface area contributed by atoms with Crippen LogP contribution >= 0.6 is 11.6 Å². The van der Waals surface area contributed by atoms with Crippen molar-refractivity contribution in [2.75, 3.05) is 0 Å². The fourth-order valence-electron chi connectivity index (χ4n) is 2.46. The van der Waals surface area contributed by atoms with Gasteiger partial charge in [-0.15, -0.1) is 10.2 Å². The molecule has 2 aromatic carbocycles. The predicted molar refractivity (Wildman–Crippen MR) is 99.2 cm³/mol. The number of hydrogen-bond donors (Lipinski definition) is 1. The Morgan fingerprint density at radius 1 is 1.19 bits per heavy atom. The number of nitrogens with zero attached hydrogens (tertiary/aromatic N) is 3. The van der Waals surface area contributed by atoms with Gasteiger partial charge < -0.3 is 9.84 Å². The molecule has 2 atom stereocenters. The molecule has 0 amide bonds. The molecule has 0 aliphatic heterocycles. The van der Waals surface area contributed by atoms with E-state index in [1.165, 1.54) is 4.80 Å². The minimum absolute atomic E-state index is 0.276. The monoisotopic (exact) mass is 371 g/mol. The van der Waals surface area contributed by atoms with Crippen molar-refractivity contribution in [2.24, 2.45) is 0 Å². The number of fused-ring (bicyclic) bond motifs is 1. The van der Waals surface area contributed by atoms with Crippen LogP contribution in [0.2, 0.25) is 5.02 Å². The van der Waals surface area contributed by atoms with Gasteiger partial charge in [0.1, 0.15) is 11.0 Å². The summed E-state index contributed by atoms with van der Waals surface area (Å²) in [6, 6.07) is 12.4. The highest BCUT2D eigenvalue weighted by Crippen LogP contribution is 2.24. The third-order valence-electron chi connectivity index (χ3n) is 3.82. The van der Waals surface area contributed by atoms with E-state index in [4.69, 9.17) is 16.3 Å². The predicted octanol–water partition coefficient (Wildman–Crippen LogP) is 3.62. The first-order valence-electron chi connectivity index (χ1n) is 8.02. The summed E-state index contributed by atoms with van der Waals surface area (Å²) < 4.78 is 5.32. The Balaban J connectivity index is 1.88. The van der Waals surface area contributed by atoms with Gasteiger partial charge in [-0.1, -0.05) is 30.3 Å². The van der Waals surface area contributed by atoms with Crippen molar-refractivity contribution in [1.82, 2.24) is 15.0 Å². The average Bonchev–Trinajstić information content (AvgIpc) is 3.02. The van der Waals surface area contributed by atoms with Gasteiger partial charge in [0.2, 0.25) is 0 Å². The number of carbonyl (C=O) groups excluding carboxylic acids is 1. The first kappa shape index (κ1) is 18.1. The second kappa shape index (κ2) is 7.27. The summed E-state index contributed by atoms with van der Waals surface area (Å²) in [5, 5.41) is 19.4. The Kier molecular flexibility index (Phi) is 5.06. The molecule has 6 nitrogen and oxygen atoms in total. The first-order valence-corrected chi connectivity index (χ1v) is 8.40. The van der Waals surface area contributed by atoms with Crippen LogP contribution in [-0.4, -0.2) is 32.2 Å². The molecule has 0 aliphatic carbocycles. The maximum absolute atomic E-state index is 11.8. The SMILES string of the molecule is C=C(C)C(=O)OC(c1ccc(-n2nc3ccc(Cl)cc3n2)cc1)C(C)O. The number of aromatic nitrogens is 3. The Bertz CT molecular complexity index is 964. The van der Waals surface area contributed by atoms with Crippen molar-refractivity contribution in [3.8, 4) is 5.69 Å². The lowest BCUT2D eigenvalue weighted by molar-refractivity contribution is -0.150. The van der Waals surface area contributed by atoms with Crippen molar-refractivity contribution in [3.63, 3.8) is 0 Å². The summed E-state index contributed by atoms with van der Waals surface area (Å²) in [7, 11) is 0. The Hall–Kier alpha value is -2.70. The Morgan fingerprint density at radius 2 is 1.85 bits per heavy atom. The second-order valence-electron chi connectivity index (χ2n) is 6.06. The third kappa shape index (κ3) is 3.76. The fourth-order valence-corrected chi connectivity index (χ4v) is 2.63. The van der Waals surface area contributed by atoms with Crippen LogP contribution in [0.15, 0.2) is 54.6 Å². The molecule has 1 N–H and O–H groups in total. The van der Waals surface area contributed by atoms with Gasteiger partial charge in [0.05, 0.1) is 11.8 Å².